The van der Waals surface area contributed by atoms with Crippen LogP contribution < -0.4 is 28.4 Å². The summed E-state index contributed by atoms with van der Waals surface area (Å²) in [4.78, 5) is 33.5. The smallest absolute Gasteiger partial charge is 0.338 e. The van der Waals surface area contributed by atoms with Gasteiger partial charge in [0, 0.05) is 38.8 Å². The summed E-state index contributed by atoms with van der Waals surface area (Å²) in [6.07, 6.45) is 3.45. The van der Waals surface area contributed by atoms with Crippen LogP contribution in [-0.2, 0) is 4.74 Å². The molecule has 1 saturated heterocycles. The fraction of sp³-hybridized carbons (Fsp3) is 0.588. The fourth-order valence-electron chi connectivity index (χ4n) is 5.99. The molecule has 12 heteroatoms. The standard InChI is InChI=1S/C34H49N3O9/c1-35-12-8-13-36-14-9-15-37(18-17-36)16-11-26(46-34(39)25-22-28(41-3)31(43-5)29(23-25)42-4)10-7-19-45-30-21-24(33(35)38)20-27(40-2)32(30)44-6/h20-23,26H,7-19H2,1-6H3/t26-/m1/s1. The molecule has 1 amide bonds. The van der Waals surface area contributed by atoms with Crippen LogP contribution in [-0.4, -0.2) is 128 Å². The molecular formula is C34H49N3O9. The summed E-state index contributed by atoms with van der Waals surface area (Å²) >= 11 is 0. The van der Waals surface area contributed by atoms with Gasteiger partial charge in [0.05, 0.1) is 47.7 Å². The number of nitrogens with zero attached hydrogens (tertiary/aromatic N) is 3. The Hall–Kier alpha value is -3.90. The van der Waals surface area contributed by atoms with Gasteiger partial charge in [-0.1, -0.05) is 0 Å². The van der Waals surface area contributed by atoms with Crippen molar-refractivity contribution in [1.29, 1.82) is 0 Å². The molecule has 0 aromatic heterocycles. The Labute approximate surface area is 272 Å². The Kier molecular flexibility index (Phi) is 13.0. The molecule has 0 N–H and O–H groups in total. The van der Waals surface area contributed by atoms with Crippen LogP contribution in [0.15, 0.2) is 24.3 Å². The predicted octanol–water partition coefficient (Wildman–Crippen LogP) is 3.99. The number of methoxy groups -OCH3 is 5. The molecule has 0 spiro atoms. The van der Waals surface area contributed by atoms with Crippen LogP contribution in [0.2, 0.25) is 0 Å². The third-order valence-corrected chi connectivity index (χ3v) is 8.56. The van der Waals surface area contributed by atoms with E-state index in [0.717, 1.165) is 52.1 Å². The molecule has 2 aromatic carbocycles. The monoisotopic (exact) mass is 643 g/mol. The van der Waals surface area contributed by atoms with Crippen molar-refractivity contribution in [2.24, 2.45) is 0 Å². The Balaban J connectivity index is 1.56. The molecule has 2 aliphatic heterocycles. The Morgan fingerprint density at radius 1 is 0.696 bits per heavy atom. The molecule has 1 fully saturated rings. The first-order chi connectivity index (χ1) is 22.3. The summed E-state index contributed by atoms with van der Waals surface area (Å²) < 4.78 is 39.7. The maximum absolute atomic E-state index is 13.5. The van der Waals surface area contributed by atoms with E-state index < -0.39 is 5.97 Å². The van der Waals surface area contributed by atoms with Crippen LogP contribution in [0.1, 0.15) is 52.8 Å². The third kappa shape index (κ3) is 8.88. The van der Waals surface area contributed by atoms with E-state index in [1.54, 1.807) is 36.3 Å². The van der Waals surface area contributed by atoms with E-state index >= 15 is 0 Å². The van der Waals surface area contributed by atoms with Gasteiger partial charge >= 0.3 is 5.97 Å². The van der Waals surface area contributed by atoms with Gasteiger partial charge in [0.25, 0.3) is 5.91 Å². The fourth-order valence-corrected chi connectivity index (χ4v) is 5.99. The second-order valence-corrected chi connectivity index (χ2v) is 11.5. The van der Waals surface area contributed by atoms with E-state index in [0.29, 0.717) is 78.0 Å². The lowest BCUT2D eigenvalue weighted by Gasteiger charge is -2.25. The Morgan fingerprint density at radius 2 is 1.28 bits per heavy atom. The van der Waals surface area contributed by atoms with Crippen molar-refractivity contribution in [3.8, 4) is 34.5 Å². The third-order valence-electron chi connectivity index (χ3n) is 8.56. The summed E-state index contributed by atoms with van der Waals surface area (Å²) in [5.74, 6) is 1.87. The molecule has 2 aliphatic rings. The van der Waals surface area contributed by atoms with Gasteiger partial charge in [-0.15, -0.1) is 0 Å². The van der Waals surface area contributed by atoms with Gasteiger partial charge in [0.1, 0.15) is 6.10 Å². The molecule has 2 unspecified atom stereocenters. The summed E-state index contributed by atoms with van der Waals surface area (Å²) in [6, 6.07) is 6.60. The summed E-state index contributed by atoms with van der Waals surface area (Å²) in [7, 11) is 9.44. The lowest BCUT2D eigenvalue weighted by Crippen LogP contribution is -2.35. The van der Waals surface area contributed by atoms with Crippen LogP contribution in [0.25, 0.3) is 0 Å². The number of rotatable bonds is 7. The number of benzene rings is 2. The lowest BCUT2D eigenvalue weighted by molar-refractivity contribution is 0.0221. The number of ether oxygens (including phenoxy) is 7. The van der Waals surface area contributed by atoms with Gasteiger partial charge in [0.15, 0.2) is 23.0 Å². The number of fused-ring (bicyclic) bond motifs is 5. The van der Waals surface area contributed by atoms with Crippen LogP contribution in [0.4, 0.5) is 0 Å². The molecule has 4 rings (SSSR count). The van der Waals surface area contributed by atoms with Crippen LogP contribution in [0, 0.1) is 0 Å². The number of carbonyl (C=O) groups excluding carboxylic acids is 2. The Morgan fingerprint density at radius 3 is 1.89 bits per heavy atom. The average Bonchev–Trinajstić information content (AvgIpc) is 3.31. The van der Waals surface area contributed by atoms with Gasteiger partial charge in [-0.05, 0) is 76.0 Å². The molecule has 2 heterocycles. The van der Waals surface area contributed by atoms with Crippen LogP contribution in [0.3, 0.4) is 0 Å². The van der Waals surface area contributed by atoms with Gasteiger partial charge in [-0.25, -0.2) is 4.79 Å². The molecule has 254 valence electrons. The van der Waals surface area contributed by atoms with Crippen molar-refractivity contribution in [2.75, 3.05) is 95.0 Å². The van der Waals surface area contributed by atoms with E-state index in [1.165, 1.54) is 28.4 Å². The molecule has 46 heavy (non-hydrogen) atoms. The highest BCUT2D eigenvalue weighted by molar-refractivity contribution is 5.95. The highest BCUT2D eigenvalue weighted by atomic mass is 16.6. The predicted molar refractivity (Wildman–Crippen MR) is 173 cm³/mol. The zero-order valence-electron chi connectivity index (χ0n) is 28.1. The average molecular weight is 644 g/mol. The Bertz CT molecular complexity index is 1300. The highest BCUT2D eigenvalue weighted by Crippen LogP contribution is 2.40. The van der Waals surface area contributed by atoms with Crippen molar-refractivity contribution in [3.63, 3.8) is 0 Å². The number of hydrogen-bond acceptors (Lipinski definition) is 11. The van der Waals surface area contributed by atoms with Crippen molar-refractivity contribution in [2.45, 2.75) is 38.2 Å². The quantitative estimate of drug-likeness (QED) is 0.409. The van der Waals surface area contributed by atoms with Crippen molar-refractivity contribution in [1.82, 2.24) is 14.7 Å². The van der Waals surface area contributed by atoms with Crippen molar-refractivity contribution >= 4 is 11.9 Å². The van der Waals surface area contributed by atoms with E-state index in [4.69, 9.17) is 33.2 Å². The summed E-state index contributed by atoms with van der Waals surface area (Å²) in [6.45, 7) is 6.60. The molecule has 2 aromatic rings. The largest absolute Gasteiger partial charge is 0.493 e. The zero-order chi connectivity index (χ0) is 33.1. The number of esters is 1. The molecule has 3 atom stereocenters. The molecule has 4 bridgehead atoms. The van der Waals surface area contributed by atoms with E-state index in [2.05, 4.69) is 9.80 Å². The zero-order valence-corrected chi connectivity index (χ0v) is 28.1. The minimum absolute atomic E-state index is 0.107. The van der Waals surface area contributed by atoms with Crippen molar-refractivity contribution < 1.29 is 42.7 Å². The maximum atomic E-state index is 13.5. The van der Waals surface area contributed by atoms with Crippen LogP contribution in [0.5, 0.6) is 34.5 Å². The normalized spacial score (nSPS) is 21.5. The first kappa shape index (κ1) is 35.0. The summed E-state index contributed by atoms with van der Waals surface area (Å²) in [5, 5.41) is 0. The number of amides is 1. The SMILES string of the molecule is COc1cc(C(=O)O[C@@H]2CCCOc3cc(cc(OC)c3OC)C(=O)N(C)CCCN3CCCN(CC2)CC3)cc(OC)c1OC. The summed E-state index contributed by atoms with van der Waals surface area (Å²) in [5.41, 5.74) is 0.783. The van der Waals surface area contributed by atoms with Gasteiger partial charge in [-0.3, -0.25) is 4.79 Å². The van der Waals surface area contributed by atoms with Crippen molar-refractivity contribution in [3.05, 3.63) is 35.4 Å². The van der Waals surface area contributed by atoms with Gasteiger partial charge in [-0.2, -0.15) is 0 Å². The van der Waals surface area contributed by atoms with Gasteiger partial charge < -0.3 is 47.9 Å². The maximum Gasteiger partial charge on any atom is 0.338 e. The first-order valence-corrected chi connectivity index (χ1v) is 15.9. The van der Waals surface area contributed by atoms with Gasteiger partial charge in [0.2, 0.25) is 11.5 Å². The van der Waals surface area contributed by atoms with E-state index in [1.807, 2.05) is 7.05 Å². The minimum Gasteiger partial charge on any atom is -0.493 e. The second-order valence-electron chi connectivity index (χ2n) is 11.5. The van der Waals surface area contributed by atoms with E-state index in [9.17, 15) is 9.59 Å². The molecular weight excluding hydrogens is 594 g/mol. The first-order valence-electron chi connectivity index (χ1n) is 15.9. The van der Waals surface area contributed by atoms with Crippen LogP contribution >= 0.6 is 0 Å². The molecule has 0 saturated carbocycles. The molecule has 12 nitrogen and oxygen atoms in total. The number of hydrogen-bond donors (Lipinski definition) is 0. The topological polar surface area (TPSA) is 108 Å². The molecule has 0 aliphatic carbocycles. The lowest BCUT2D eigenvalue weighted by atomic mass is 10.1. The van der Waals surface area contributed by atoms with E-state index in [-0.39, 0.29) is 12.0 Å². The minimum atomic E-state index is -0.465. The second kappa shape index (κ2) is 17.1. The number of carbonyl (C=O) groups is 2. The highest BCUT2D eigenvalue weighted by Gasteiger charge is 2.24. The molecule has 0 radical (unpaired) electrons.